The van der Waals surface area contributed by atoms with Gasteiger partial charge in [0, 0.05) is 11.3 Å². The van der Waals surface area contributed by atoms with Gasteiger partial charge in [-0.05, 0) is 78.2 Å². The van der Waals surface area contributed by atoms with E-state index in [9.17, 15) is 9.90 Å². The van der Waals surface area contributed by atoms with Crippen molar-refractivity contribution in [3.8, 4) is 0 Å². The van der Waals surface area contributed by atoms with Crippen LogP contribution in [0.5, 0.6) is 0 Å². The number of hydrogen-bond acceptors (Lipinski definition) is 3. The topological polar surface area (TPSA) is 46.5 Å². The van der Waals surface area contributed by atoms with Gasteiger partial charge >= 0.3 is 0 Å². The zero-order chi connectivity index (χ0) is 29.7. The SMILES string of the molecule is C[C@]12C=CC(=O)C=C1CC[C@H]1[C@H]2[C@@H](O)C[C@]2(C)/C(=C\COC(c3ccccc3)(c3ccccc3)c3ccccc3)CC[C@H]12. The number of rotatable bonds is 6. The molecule has 0 bridgehead atoms. The van der Waals surface area contributed by atoms with E-state index in [2.05, 4.69) is 117 Å². The predicted molar refractivity (Wildman–Crippen MR) is 171 cm³/mol. The second kappa shape index (κ2) is 10.9. The lowest BCUT2D eigenvalue weighted by atomic mass is 9.47. The zero-order valence-electron chi connectivity index (χ0n) is 25.3. The number of ether oxygens (including phenoxy) is 1. The lowest BCUT2D eigenvalue weighted by Gasteiger charge is -2.58. The maximum absolute atomic E-state index is 12.2. The van der Waals surface area contributed by atoms with Crippen molar-refractivity contribution >= 4 is 5.78 Å². The minimum absolute atomic E-state index is 0.0510. The van der Waals surface area contributed by atoms with Crippen LogP contribution in [-0.2, 0) is 15.1 Å². The molecule has 0 radical (unpaired) electrons. The van der Waals surface area contributed by atoms with Gasteiger partial charge in [-0.3, -0.25) is 4.79 Å². The Morgan fingerprint density at radius 1 is 0.860 bits per heavy atom. The van der Waals surface area contributed by atoms with E-state index in [0.29, 0.717) is 18.4 Å². The van der Waals surface area contributed by atoms with Crippen molar-refractivity contribution in [1.29, 1.82) is 0 Å². The van der Waals surface area contributed by atoms with E-state index >= 15 is 0 Å². The normalized spacial score (nSPS) is 32.6. The van der Waals surface area contributed by atoms with Crippen molar-refractivity contribution in [3.05, 3.63) is 143 Å². The first kappa shape index (κ1) is 28.3. The van der Waals surface area contributed by atoms with E-state index in [1.165, 1.54) is 11.1 Å². The Labute approximate surface area is 256 Å². The van der Waals surface area contributed by atoms with Crippen molar-refractivity contribution in [3.63, 3.8) is 0 Å². The summed E-state index contributed by atoms with van der Waals surface area (Å²) in [4.78, 5) is 12.2. The molecule has 6 atom stereocenters. The highest BCUT2D eigenvalue weighted by atomic mass is 16.5. The Balaban J connectivity index is 1.21. The number of benzene rings is 3. The Kier molecular flexibility index (Phi) is 7.15. The van der Waals surface area contributed by atoms with Crippen LogP contribution in [0, 0.1) is 28.6 Å². The minimum Gasteiger partial charge on any atom is -0.393 e. The molecular weight excluding hydrogens is 528 g/mol. The number of aliphatic hydroxyl groups excluding tert-OH is 1. The lowest BCUT2D eigenvalue weighted by molar-refractivity contribution is -0.112. The molecule has 3 heteroatoms. The Morgan fingerprint density at radius 2 is 1.44 bits per heavy atom. The third-order valence-electron chi connectivity index (χ3n) is 11.5. The Bertz CT molecular complexity index is 1470. The predicted octanol–water partition coefficient (Wildman–Crippen LogP) is 8.20. The highest BCUT2D eigenvalue weighted by Crippen LogP contribution is 2.65. The van der Waals surface area contributed by atoms with Crippen LogP contribution in [-0.4, -0.2) is 23.6 Å². The largest absolute Gasteiger partial charge is 0.393 e. The van der Waals surface area contributed by atoms with Gasteiger partial charge in [0.1, 0.15) is 5.60 Å². The summed E-state index contributed by atoms with van der Waals surface area (Å²) in [5, 5.41) is 11.8. The molecule has 1 N–H and O–H groups in total. The van der Waals surface area contributed by atoms with Crippen LogP contribution in [0.3, 0.4) is 0 Å². The van der Waals surface area contributed by atoms with Crippen LogP contribution in [0.1, 0.15) is 62.6 Å². The van der Waals surface area contributed by atoms with Gasteiger partial charge in [0.25, 0.3) is 0 Å². The molecule has 0 amide bonds. The summed E-state index contributed by atoms with van der Waals surface area (Å²) in [7, 11) is 0. The summed E-state index contributed by atoms with van der Waals surface area (Å²) < 4.78 is 7.12. The molecule has 43 heavy (non-hydrogen) atoms. The number of carbonyl (C=O) groups excluding carboxylic acids is 1. The van der Waals surface area contributed by atoms with E-state index in [0.717, 1.165) is 48.8 Å². The maximum Gasteiger partial charge on any atom is 0.178 e. The Morgan fingerprint density at radius 3 is 2.02 bits per heavy atom. The first-order valence-corrected chi connectivity index (χ1v) is 16.0. The van der Waals surface area contributed by atoms with Crippen molar-refractivity contribution in [2.75, 3.05) is 6.61 Å². The molecule has 3 aromatic rings. The standard InChI is InChI=1S/C40H42O3/c1-38-24-22-33(41)26-32(38)18-20-34-35-21-19-28(39(35,2)27-36(42)37(34)38)23-25-43-40(29-12-6-3-7-13-29,30-14-8-4-9-15-30)31-16-10-5-11-17-31/h3-17,22-24,26,34-37,42H,18-21,25,27H2,1-2H3/b28-23-/t34-,35-,36+,37+,38+,39-/m1/s1. The van der Waals surface area contributed by atoms with Crippen LogP contribution in [0.2, 0.25) is 0 Å². The molecule has 7 rings (SSSR count). The van der Waals surface area contributed by atoms with Gasteiger partial charge in [0.05, 0.1) is 12.7 Å². The molecule has 220 valence electrons. The van der Waals surface area contributed by atoms with Gasteiger partial charge in [-0.2, -0.15) is 0 Å². The molecular formula is C40H42O3. The number of aliphatic hydroxyl groups is 1. The van der Waals surface area contributed by atoms with Gasteiger partial charge in [-0.15, -0.1) is 0 Å². The second-order valence-corrected chi connectivity index (χ2v) is 13.6. The van der Waals surface area contributed by atoms with Gasteiger partial charge < -0.3 is 9.84 Å². The number of hydrogen-bond donors (Lipinski definition) is 1. The molecule has 0 aliphatic heterocycles. The molecule has 0 unspecified atom stereocenters. The number of allylic oxidation sites excluding steroid dienone is 5. The zero-order valence-corrected chi connectivity index (χ0v) is 25.3. The average Bonchev–Trinajstić information content (AvgIpc) is 3.36. The maximum atomic E-state index is 12.2. The fourth-order valence-electron chi connectivity index (χ4n) is 9.54. The van der Waals surface area contributed by atoms with Crippen molar-refractivity contribution < 1.29 is 14.6 Å². The quantitative estimate of drug-likeness (QED) is 0.240. The molecule has 4 aliphatic carbocycles. The van der Waals surface area contributed by atoms with Crippen LogP contribution >= 0.6 is 0 Å². The van der Waals surface area contributed by atoms with Crippen LogP contribution in [0.25, 0.3) is 0 Å². The molecule has 3 saturated carbocycles. The lowest BCUT2D eigenvalue weighted by Crippen LogP contribution is -2.55. The first-order chi connectivity index (χ1) is 20.9. The highest BCUT2D eigenvalue weighted by Gasteiger charge is 2.60. The number of carbonyl (C=O) groups is 1. The first-order valence-electron chi connectivity index (χ1n) is 16.0. The molecule has 4 aliphatic rings. The van der Waals surface area contributed by atoms with Gasteiger partial charge in [0.2, 0.25) is 0 Å². The van der Waals surface area contributed by atoms with Gasteiger partial charge in [-0.1, -0.05) is 128 Å². The number of fused-ring (bicyclic) bond motifs is 5. The summed E-state index contributed by atoms with van der Waals surface area (Å²) in [6.45, 7) is 5.12. The minimum atomic E-state index is -0.748. The van der Waals surface area contributed by atoms with E-state index < -0.39 is 11.7 Å². The van der Waals surface area contributed by atoms with E-state index in [1.807, 2.05) is 6.08 Å². The summed E-state index contributed by atoms with van der Waals surface area (Å²) in [6, 6.07) is 31.7. The molecule has 3 nitrogen and oxygen atoms in total. The molecule has 0 spiro atoms. The summed E-state index contributed by atoms with van der Waals surface area (Å²) >= 11 is 0. The third-order valence-corrected chi connectivity index (χ3v) is 11.5. The summed E-state index contributed by atoms with van der Waals surface area (Å²) in [5.74, 6) is 1.22. The second-order valence-electron chi connectivity index (χ2n) is 13.6. The smallest absolute Gasteiger partial charge is 0.178 e. The third kappa shape index (κ3) is 4.51. The molecule has 0 heterocycles. The van der Waals surface area contributed by atoms with Crippen LogP contribution in [0.4, 0.5) is 0 Å². The van der Waals surface area contributed by atoms with Crippen molar-refractivity contribution in [1.82, 2.24) is 0 Å². The fraction of sp³-hybridized carbons (Fsp3) is 0.375. The van der Waals surface area contributed by atoms with Crippen LogP contribution in [0.15, 0.2) is 126 Å². The average molecular weight is 571 g/mol. The fourth-order valence-corrected chi connectivity index (χ4v) is 9.54. The summed E-state index contributed by atoms with van der Waals surface area (Å²) in [5.41, 5.74) is 4.94. The molecule has 0 saturated heterocycles. The van der Waals surface area contributed by atoms with Gasteiger partial charge in [-0.25, -0.2) is 0 Å². The van der Waals surface area contributed by atoms with Gasteiger partial charge in [0.15, 0.2) is 5.78 Å². The van der Waals surface area contributed by atoms with E-state index in [1.54, 1.807) is 6.08 Å². The monoisotopic (exact) mass is 570 g/mol. The highest BCUT2D eigenvalue weighted by molar-refractivity contribution is 6.01. The number of ketones is 1. The van der Waals surface area contributed by atoms with E-state index in [-0.39, 0.29) is 22.5 Å². The Hall–Kier alpha value is -3.53. The van der Waals surface area contributed by atoms with Crippen molar-refractivity contribution in [2.45, 2.75) is 57.7 Å². The van der Waals surface area contributed by atoms with Crippen molar-refractivity contribution in [2.24, 2.45) is 28.6 Å². The molecule has 0 aromatic heterocycles. The van der Waals surface area contributed by atoms with Crippen LogP contribution < -0.4 is 0 Å². The molecule has 3 aromatic carbocycles. The van der Waals surface area contributed by atoms with E-state index in [4.69, 9.17) is 4.74 Å². The molecule has 3 fully saturated rings. The summed E-state index contributed by atoms with van der Waals surface area (Å²) in [6.07, 6.45) is 12.5.